The molecule has 1 fully saturated rings. The van der Waals surface area contributed by atoms with Crippen LogP contribution < -0.4 is 14.4 Å². The second-order valence-corrected chi connectivity index (χ2v) is 13.7. The van der Waals surface area contributed by atoms with Gasteiger partial charge in [-0.3, -0.25) is 13.9 Å². The Morgan fingerprint density at radius 1 is 0.977 bits per heavy atom. The standard InChI is InChI=1S/C33H39Cl2N3O5S/c1-4-29(33(40)36-24-12-7-5-8-13-24)37(21-26-27(34)16-11-17-28(26)35)32(39)22-38(30-20-23(2)18-19-31(30)43-3)44(41,42)25-14-9-6-10-15-25/h6,9-11,14-20,24,29H,4-5,7-8,12-13,21-22H2,1-3H3,(H,36,40)/t29-/m0/s1. The number of carbonyl (C=O) groups excluding carboxylic acids is 2. The first-order valence-corrected chi connectivity index (χ1v) is 17.0. The summed E-state index contributed by atoms with van der Waals surface area (Å²) in [5.41, 5.74) is 1.46. The van der Waals surface area contributed by atoms with Crippen LogP contribution in [0, 0.1) is 6.92 Å². The van der Waals surface area contributed by atoms with Gasteiger partial charge in [-0.15, -0.1) is 0 Å². The Balaban J connectivity index is 1.78. The van der Waals surface area contributed by atoms with Crippen molar-refractivity contribution in [3.63, 3.8) is 0 Å². The molecule has 0 aliphatic heterocycles. The number of benzene rings is 3. The highest BCUT2D eigenvalue weighted by molar-refractivity contribution is 7.92. The number of carbonyl (C=O) groups is 2. The maximum Gasteiger partial charge on any atom is 0.264 e. The molecule has 8 nitrogen and oxygen atoms in total. The van der Waals surface area contributed by atoms with Crippen molar-refractivity contribution < 1.29 is 22.7 Å². The Kier molecular flexibility index (Phi) is 11.6. The molecule has 0 spiro atoms. The van der Waals surface area contributed by atoms with E-state index in [0.717, 1.165) is 42.0 Å². The minimum absolute atomic E-state index is 0.0131. The number of ether oxygens (including phenoxy) is 1. The Morgan fingerprint density at radius 3 is 2.25 bits per heavy atom. The van der Waals surface area contributed by atoms with Crippen LogP contribution in [-0.4, -0.2) is 50.9 Å². The van der Waals surface area contributed by atoms with Crippen molar-refractivity contribution in [1.29, 1.82) is 0 Å². The summed E-state index contributed by atoms with van der Waals surface area (Å²) in [7, 11) is -2.80. The number of sulfonamides is 1. The van der Waals surface area contributed by atoms with Crippen LogP contribution in [0.5, 0.6) is 5.75 Å². The van der Waals surface area contributed by atoms with Crippen LogP contribution in [0.2, 0.25) is 10.0 Å². The fourth-order valence-electron chi connectivity index (χ4n) is 5.55. The molecule has 0 heterocycles. The van der Waals surface area contributed by atoms with E-state index in [-0.39, 0.29) is 34.8 Å². The maximum absolute atomic E-state index is 14.4. The average Bonchev–Trinajstić information content (AvgIpc) is 3.01. The lowest BCUT2D eigenvalue weighted by molar-refractivity contribution is -0.140. The predicted molar refractivity (Wildman–Crippen MR) is 175 cm³/mol. The minimum Gasteiger partial charge on any atom is -0.495 e. The van der Waals surface area contributed by atoms with Crippen molar-refractivity contribution >= 4 is 50.7 Å². The summed E-state index contributed by atoms with van der Waals surface area (Å²) in [4.78, 5) is 29.6. The number of amides is 2. The summed E-state index contributed by atoms with van der Waals surface area (Å²) in [6.45, 7) is 2.97. The SMILES string of the molecule is CC[C@@H](C(=O)NC1CCCCC1)N(Cc1c(Cl)cccc1Cl)C(=O)CN(c1cc(C)ccc1OC)S(=O)(=O)c1ccccc1. The van der Waals surface area contributed by atoms with E-state index in [4.69, 9.17) is 27.9 Å². The van der Waals surface area contributed by atoms with Gasteiger partial charge >= 0.3 is 0 Å². The Labute approximate surface area is 270 Å². The minimum atomic E-state index is -4.24. The summed E-state index contributed by atoms with van der Waals surface area (Å²) >= 11 is 13.1. The first-order chi connectivity index (χ1) is 21.1. The molecule has 44 heavy (non-hydrogen) atoms. The zero-order valence-corrected chi connectivity index (χ0v) is 27.6. The second kappa shape index (κ2) is 15.1. The summed E-state index contributed by atoms with van der Waals surface area (Å²) in [6.07, 6.45) is 5.25. The number of nitrogens with one attached hydrogen (secondary N) is 1. The van der Waals surface area contributed by atoms with E-state index in [1.165, 1.54) is 24.1 Å². The number of aryl methyl sites for hydroxylation is 1. The summed E-state index contributed by atoms with van der Waals surface area (Å²) in [5.74, 6) is -0.595. The molecule has 2 amide bonds. The van der Waals surface area contributed by atoms with Crippen molar-refractivity contribution in [2.24, 2.45) is 0 Å². The van der Waals surface area contributed by atoms with Gasteiger partial charge in [0.25, 0.3) is 10.0 Å². The number of hydrogen-bond donors (Lipinski definition) is 1. The molecule has 236 valence electrons. The predicted octanol–water partition coefficient (Wildman–Crippen LogP) is 6.76. The van der Waals surface area contributed by atoms with Crippen molar-refractivity contribution in [2.75, 3.05) is 18.0 Å². The highest BCUT2D eigenvalue weighted by Gasteiger charge is 2.36. The fraction of sp³-hybridized carbons (Fsp3) is 0.394. The molecule has 0 bridgehead atoms. The molecule has 0 saturated heterocycles. The normalized spacial score (nSPS) is 14.5. The Hall–Kier alpha value is -3.27. The first kappa shape index (κ1) is 33.6. The molecule has 0 unspecified atom stereocenters. The molecule has 1 aliphatic carbocycles. The molecule has 3 aromatic carbocycles. The summed E-state index contributed by atoms with van der Waals surface area (Å²) in [5, 5.41) is 3.82. The van der Waals surface area contributed by atoms with Crippen LogP contribution in [0.1, 0.15) is 56.6 Å². The molecule has 1 N–H and O–H groups in total. The van der Waals surface area contributed by atoms with E-state index in [0.29, 0.717) is 22.0 Å². The van der Waals surface area contributed by atoms with Crippen LogP contribution in [0.15, 0.2) is 71.6 Å². The van der Waals surface area contributed by atoms with E-state index in [9.17, 15) is 18.0 Å². The lowest BCUT2D eigenvalue weighted by Gasteiger charge is -2.35. The molecule has 11 heteroatoms. The summed E-state index contributed by atoms with van der Waals surface area (Å²) < 4.78 is 34.9. The largest absolute Gasteiger partial charge is 0.495 e. The quantitative estimate of drug-likeness (QED) is 0.232. The van der Waals surface area contributed by atoms with E-state index >= 15 is 0 Å². The zero-order valence-electron chi connectivity index (χ0n) is 25.3. The maximum atomic E-state index is 14.4. The van der Waals surface area contributed by atoms with E-state index in [1.54, 1.807) is 54.6 Å². The molecule has 0 radical (unpaired) electrons. The Morgan fingerprint density at radius 2 is 1.64 bits per heavy atom. The number of methoxy groups -OCH3 is 1. The van der Waals surface area contributed by atoms with Gasteiger partial charge in [-0.1, -0.05) is 79.7 Å². The smallest absolute Gasteiger partial charge is 0.264 e. The van der Waals surface area contributed by atoms with Crippen LogP contribution >= 0.6 is 23.2 Å². The van der Waals surface area contributed by atoms with Gasteiger partial charge in [-0.05, 0) is 68.1 Å². The van der Waals surface area contributed by atoms with Crippen LogP contribution in [0.4, 0.5) is 5.69 Å². The van der Waals surface area contributed by atoms with Gasteiger partial charge in [-0.25, -0.2) is 8.42 Å². The number of hydrogen-bond acceptors (Lipinski definition) is 5. The third-order valence-corrected chi connectivity index (χ3v) is 10.4. The number of halogens is 2. The monoisotopic (exact) mass is 659 g/mol. The van der Waals surface area contributed by atoms with E-state index in [2.05, 4.69) is 5.32 Å². The van der Waals surface area contributed by atoms with Gasteiger partial charge in [0.05, 0.1) is 17.7 Å². The topological polar surface area (TPSA) is 96.0 Å². The third-order valence-electron chi connectivity index (χ3n) is 7.94. The molecular formula is C33H39Cl2N3O5S. The van der Waals surface area contributed by atoms with Gasteiger partial charge < -0.3 is 15.0 Å². The number of nitrogens with zero attached hydrogens (tertiary/aromatic N) is 2. The van der Waals surface area contributed by atoms with Crippen LogP contribution in [0.3, 0.4) is 0 Å². The molecule has 1 saturated carbocycles. The van der Waals surface area contributed by atoms with Gasteiger partial charge in [0.15, 0.2) is 0 Å². The molecule has 0 aromatic heterocycles. The van der Waals surface area contributed by atoms with Crippen molar-refractivity contribution in [2.45, 2.75) is 75.9 Å². The van der Waals surface area contributed by atoms with Crippen LogP contribution in [0.25, 0.3) is 0 Å². The molecule has 1 atom stereocenters. The first-order valence-electron chi connectivity index (χ1n) is 14.8. The van der Waals surface area contributed by atoms with Gasteiger partial charge in [0.2, 0.25) is 11.8 Å². The van der Waals surface area contributed by atoms with Crippen LogP contribution in [-0.2, 0) is 26.2 Å². The van der Waals surface area contributed by atoms with Crippen molar-refractivity contribution in [3.8, 4) is 5.75 Å². The van der Waals surface area contributed by atoms with E-state index < -0.39 is 28.5 Å². The Bertz CT molecular complexity index is 1540. The molecule has 1 aliphatic rings. The molecule has 3 aromatic rings. The fourth-order valence-corrected chi connectivity index (χ4v) is 7.50. The highest BCUT2D eigenvalue weighted by Crippen LogP contribution is 2.34. The van der Waals surface area contributed by atoms with Gasteiger partial charge in [0.1, 0.15) is 18.3 Å². The molecular weight excluding hydrogens is 621 g/mol. The van der Waals surface area contributed by atoms with Crippen molar-refractivity contribution in [1.82, 2.24) is 10.2 Å². The van der Waals surface area contributed by atoms with E-state index in [1.807, 2.05) is 13.8 Å². The average molecular weight is 661 g/mol. The second-order valence-electron chi connectivity index (χ2n) is 11.0. The zero-order chi connectivity index (χ0) is 31.9. The summed E-state index contributed by atoms with van der Waals surface area (Å²) in [6, 6.07) is 17.2. The number of rotatable bonds is 12. The molecule has 4 rings (SSSR count). The lowest BCUT2D eigenvalue weighted by Crippen LogP contribution is -2.54. The van der Waals surface area contributed by atoms with Gasteiger partial charge in [0, 0.05) is 28.2 Å². The number of anilines is 1. The highest BCUT2D eigenvalue weighted by atomic mass is 35.5. The lowest BCUT2D eigenvalue weighted by atomic mass is 9.95. The van der Waals surface area contributed by atoms with Crippen molar-refractivity contribution in [3.05, 3.63) is 87.9 Å². The third kappa shape index (κ3) is 7.86. The van der Waals surface area contributed by atoms with Gasteiger partial charge in [-0.2, -0.15) is 0 Å².